The zero-order valence-corrected chi connectivity index (χ0v) is 12.1. The molecular weight excluding hydrogens is 196 g/mol. The fourth-order valence-corrected chi connectivity index (χ4v) is 0.621. The summed E-state index contributed by atoms with van der Waals surface area (Å²) in [6, 6.07) is 0. The predicted molar refractivity (Wildman–Crippen MR) is 32.0 cm³/mol. The number of hydrogen-bond donors (Lipinski definition) is 1. The summed E-state index contributed by atoms with van der Waals surface area (Å²) in [7, 11) is 1.60. The van der Waals surface area contributed by atoms with Crippen molar-refractivity contribution in [3.05, 3.63) is 0 Å². The second kappa shape index (κ2) is 11.0. The van der Waals surface area contributed by atoms with Gasteiger partial charge < -0.3 is 25.1 Å². The summed E-state index contributed by atoms with van der Waals surface area (Å²) in [5.41, 5.74) is 0. The van der Waals surface area contributed by atoms with Crippen LogP contribution in [0.5, 0.6) is 0 Å². The standard InChI is InChI=1S/C6H11NO4.2Na/c1-7-3-2-4(5(8)9)6(10)11;;/h4,7H,2-3H2,1H3,(H,8,9)(H,10,11);;/q;2*+1/p-2. The Labute approximate surface area is 121 Å². The maximum atomic E-state index is 10.1. The Morgan fingerprint density at radius 1 is 1.23 bits per heavy atom. The smallest absolute Gasteiger partial charge is 0.549 e. The van der Waals surface area contributed by atoms with E-state index in [1.165, 1.54) is 0 Å². The van der Waals surface area contributed by atoms with Crippen LogP contribution in [0.1, 0.15) is 6.42 Å². The number of rotatable bonds is 5. The molecule has 0 aliphatic heterocycles. The maximum Gasteiger partial charge on any atom is 1.00 e. The molecule has 0 radical (unpaired) electrons. The van der Waals surface area contributed by atoms with Crippen LogP contribution in [0, 0.1) is 5.92 Å². The summed E-state index contributed by atoms with van der Waals surface area (Å²) in [4.78, 5) is 20.2. The third kappa shape index (κ3) is 9.21. The van der Waals surface area contributed by atoms with Gasteiger partial charge in [0.1, 0.15) is 0 Å². The van der Waals surface area contributed by atoms with Crippen LogP contribution >= 0.6 is 0 Å². The van der Waals surface area contributed by atoms with Gasteiger partial charge in [0.05, 0.1) is 11.9 Å². The molecule has 0 heterocycles. The van der Waals surface area contributed by atoms with Gasteiger partial charge in [0.2, 0.25) is 0 Å². The summed E-state index contributed by atoms with van der Waals surface area (Å²) in [6.07, 6.45) is -0.0127. The summed E-state index contributed by atoms with van der Waals surface area (Å²) < 4.78 is 0. The van der Waals surface area contributed by atoms with Gasteiger partial charge in [-0.1, -0.05) is 0 Å². The molecule has 0 bridgehead atoms. The molecular formula is C6H9NNa2O4. The van der Waals surface area contributed by atoms with Crippen LogP contribution in [0.15, 0.2) is 0 Å². The molecule has 0 fully saturated rings. The number of aliphatic carboxylic acids is 2. The minimum absolute atomic E-state index is 0. The van der Waals surface area contributed by atoms with Gasteiger partial charge in [0, 0.05) is 5.92 Å². The van der Waals surface area contributed by atoms with Crippen molar-refractivity contribution in [3.8, 4) is 0 Å². The Balaban J connectivity index is -0.000000500. The zero-order chi connectivity index (χ0) is 8.85. The fraction of sp³-hybridized carbons (Fsp3) is 0.667. The van der Waals surface area contributed by atoms with E-state index in [2.05, 4.69) is 5.32 Å². The van der Waals surface area contributed by atoms with E-state index < -0.39 is 17.9 Å². The SMILES string of the molecule is CNCCC(C(=O)[O-])C(=O)[O-].[Na+].[Na+]. The summed E-state index contributed by atoms with van der Waals surface area (Å²) in [5, 5.41) is 22.8. The molecule has 0 saturated carbocycles. The molecule has 13 heavy (non-hydrogen) atoms. The Bertz CT molecular complexity index is 151. The second-order valence-corrected chi connectivity index (χ2v) is 2.08. The Morgan fingerprint density at radius 3 is 1.85 bits per heavy atom. The van der Waals surface area contributed by atoms with Crippen molar-refractivity contribution in [2.75, 3.05) is 13.6 Å². The van der Waals surface area contributed by atoms with Gasteiger partial charge in [-0.25, -0.2) is 0 Å². The molecule has 64 valence electrons. The average molecular weight is 205 g/mol. The van der Waals surface area contributed by atoms with Gasteiger partial charge in [-0.3, -0.25) is 0 Å². The van der Waals surface area contributed by atoms with E-state index in [-0.39, 0.29) is 65.5 Å². The van der Waals surface area contributed by atoms with Gasteiger partial charge in [-0.15, -0.1) is 0 Å². The molecule has 0 aromatic heterocycles. The summed E-state index contributed by atoms with van der Waals surface area (Å²) >= 11 is 0. The van der Waals surface area contributed by atoms with Crippen LogP contribution in [0.3, 0.4) is 0 Å². The number of nitrogens with one attached hydrogen (secondary N) is 1. The van der Waals surface area contributed by atoms with E-state index >= 15 is 0 Å². The van der Waals surface area contributed by atoms with Crippen LogP contribution in [0.2, 0.25) is 0 Å². The van der Waals surface area contributed by atoms with Gasteiger partial charge in [0.15, 0.2) is 0 Å². The fourth-order valence-electron chi connectivity index (χ4n) is 0.621. The first-order chi connectivity index (χ1) is 5.09. The van der Waals surface area contributed by atoms with Crippen molar-refractivity contribution in [3.63, 3.8) is 0 Å². The molecule has 0 aromatic rings. The van der Waals surface area contributed by atoms with E-state index in [0.717, 1.165) is 0 Å². The Morgan fingerprint density at radius 2 is 1.62 bits per heavy atom. The van der Waals surface area contributed by atoms with Crippen molar-refractivity contribution in [1.82, 2.24) is 5.32 Å². The van der Waals surface area contributed by atoms with E-state index in [1.807, 2.05) is 0 Å². The third-order valence-electron chi connectivity index (χ3n) is 1.25. The normalized spacial score (nSPS) is 8.46. The van der Waals surface area contributed by atoms with Crippen molar-refractivity contribution < 1.29 is 78.9 Å². The Hall–Kier alpha value is 0.900. The van der Waals surface area contributed by atoms with Crippen LogP contribution in [-0.2, 0) is 9.59 Å². The largest absolute Gasteiger partial charge is 1.00 e. The number of carboxylic acids is 2. The predicted octanol–water partition coefficient (Wildman–Crippen LogP) is -9.28. The van der Waals surface area contributed by atoms with Gasteiger partial charge >= 0.3 is 59.1 Å². The second-order valence-electron chi connectivity index (χ2n) is 2.08. The van der Waals surface area contributed by atoms with Crippen LogP contribution < -0.4 is 74.6 Å². The number of hydrogen-bond acceptors (Lipinski definition) is 5. The van der Waals surface area contributed by atoms with E-state index in [4.69, 9.17) is 0 Å². The van der Waals surface area contributed by atoms with Crippen LogP contribution in [0.25, 0.3) is 0 Å². The molecule has 1 N–H and O–H groups in total. The molecule has 0 spiro atoms. The van der Waals surface area contributed by atoms with Crippen LogP contribution in [-0.4, -0.2) is 25.5 Å². The topological polar surface area (TPSA) is 92.3 Å². The van der Waals surface area contributed by atoms with Crippen molar-refractivity contribution in [1.29, 1.82) is 0 Å². The van der Waals surface area contributed by atoms with Gasteiger partial charge in [0.25, 0.3) is 0 Å². The molecule has 0 amide bonds. The first-order valence-corrected chi connectivity index (χ1v) is 3.16. The number of carboxylic acid groups (broad SMARTS) is 2. The molecule has 5 nitrogen and oxygen atoms in total. The zero-order valence-electron chi connectivity index (χ0n) is 8.12. The minimum atomic E-state index is -1.60. The van der Waals surface area contributed by atoms with Crippen LogP contribution in [0.4, 0.5) is 0 Å². The molecule has 0 saturated heterocycles. The summed E-state index contributed by atoms with van der Waals surface area (Å²) in [5.74, 6) is -4.71. The molecule has 0 rings (SSSR count). The molecule has 0 aliphatic carbocycles. The molecule has 0 unspecified atom stereocenters. The van der Waals surface area contributed by atoms with E-state index in [1.54, 1.807) is 7.05 Å². The minimum Gasteiger partial charge on any atom is -0.549 e. The summed E-state index contributed by atoms with van der Waals surface area (Å²) in [6.45, 7) is 0.312. The number of carbonyl (C=O) groups excluding carboxylic acids is 2. The monoisotopic (exact) mass is 205 g/mol. The molecule has 0 aliphatic rings. The first-order valence-electron chi connectivity index (χ1n) is 3.16. The molecule has 7 heteroatoms. The maximum absolute atomic E-state index is 10.1. The van der Waals surface area contributed by atoms with Crippen molar-refractivity contribution >= 4 is 11.9 Å². The molecule has 0 atom stereocenters. The van der Waals surface area contributed by atoms with E-state index in [9.17, 15) is 19.8 Å². The van der Waals surface area contributed by atoms with Crippen molar-refractivity contribution in [2.24, 2.45) is 5.92 Å². The van der Waals surface area contributed by atoms with Crippen molar-refractivity contribution in [2.45, 2.75) is 6.42 Å². The Kier molecular flexibility index (Phi) is 16.4. The third-order valence-corrected chi connectivity index (χ3v) is 1.25. The quantitative estimate of drug-likeness (QED) is 0.355. The average Bonchev–Trinajstić information content (AvgIpc) is 1.87. The molecule has 0 aromatic carbocycles. The van der Waals surface area contributed by atoms with E-state index in [0.29, 0.717) is 6.54 Å². The first kappa shape index (κ1) is 19.5. The van der Waals surface area contributed by atoms with Gasteiger partial charge in [-0.2, -0.15) is 0 Å². The van der Waals surface area contributed by atoms with Gasteiger partial charge in [-0.05, 0) is 20.0 Å². The number of carbonyl (C=O) groups is 2.